The van der Waals surface area contributed by atoms with Gasteiger partial charge in [-0.15, -0.1) is 0 Å². The zero-order chi connectivity index (χ0) is 19.1. The second-order valence-electron chi connectivity index (χ2n) is 7.53. The highest BCUT2D eigenvalue weighted by Crippen LogP contribution is 2.43. The molecule has 0 saturated carbocycles. The Hall–Kier alpha value is -2.49. The van der Waals surface area contributed by atoms with Crippen LogP contribution in [0.25, 0.3) is 0 Å². The molecule has 0 spiro atoms. The van der Waals surface area contributed by atoms with Crippen molar-refractivity contribution in [1.29, 1.82) is 0 Å². The minimum Gasteiger partial charge on any atom is -0.507 e. The average Bonchev–Trinajstić information content (AvgIpc) is 2.62. The van der Waals surface area contributed by atoms with E-state index in [1.807, 2.05) is 52.8 Å². The van der Waals surface area contributed by atoms with Crippen LogP contribution in [-0.2, 0) is 11.2 Å². The molecule has 3 rings (SSSR count). The number of phenols is 1. The zero-order valence-electron chi connectivity index (χ0n) is 16.1. The third-order valence-corrected chi connectivity index (χ3v) is 5.35. The van der Waals surface area contributed by atoms with E-state index in [0.717, 1.165) is 46.4 Å². The minimum absolute atomic E-state index is 0.192. The fourth-order valence-electron chi connectivity index (χ4n) is 3.47. The molecule has 1 aliphatic heterocycles. The van der Waals surface area contributed by atoms with E-state index in [9.17, 15) is 9.90 Å². The lowest BCUT2D eigenvalue weighted by atomic mass is 9.87. The highest BCUT2D eigenvalue weighted by Gasteiger charge is 2.36. The average molecular weight is 354 g/mol. The summed E-state index contributed by atoms with van der Waals surface area (Å²) in [5.41, 5.74) is 4.70. The number of aryl methyl sites for hydroxylation is 1. The smallest absolute Gasteiger partial charge is 0.338 e. The van der Waals surface area contributed by atoms with E-state index in [0.29, 0.717) is 11.3 Å². The normalized spacial score (nSPS) is 18.8. The van der Waals surface area contributed by atoms with Crippen molar-refractivity contribution in [3.8, 4) is 11.5 Å². The van der Waals surface area contributed by atoms with E-state index in [-0.39, 0.29) is 12.6 Å². The number of aromatic hydroxyl groups is 1. The maximum Gasteiger partial charge on any atom is 0.338 e. The molecule has 4 heteroatoms. The van der Waals surface area contributed by atoms with Crippen molar-refractivity contribution in [2.75, 3.05) is 6.61 Å². The SMILES string of the molecule is Cc1cccc(C(=O)OCC2(C)CCc3c(C)c(O)c(C)c(C)c3O2)c1. The summed E-state index contributed by atoms with van der Waals surface area (Å²) in [6.07, 6.45) is 1.51. The third-order valence-electron chi connectivity index (χ3n) is 5.35. The lowest BCUT2D eigenvalue weighted by Crippen LogP contribution is -2.42. The molecular weight excluding hydrogens is 328 g/mol. The quantitative estimate of drug-likeness (QED) is 0.821. The van der Waals surface area contributed by atoms with Crippen molar-refractivity contribution in [1.82, 2.24) is 0 Å². The maximum atomic E-state index is 12.3. The summed E-state index contributed by atoms with van der Waals surface area (Å²) in [5.74, 6) is 0.830. The Morgan fingerprint density at radius 2 is 1.92 bits per heavy atom. The number of carbonyl (C=O) groups is 1. The monoisotopic (exact) mass is 354 g/mol. The number of fused-ring (bicyclic) bond motifs is 1. The number of esters is 1. The van der Waals surface area contributed by atoms with Gasteiger partial charge in [0.1, 0.15) is 23.7 Å². The summed E-state index contributed by atoms with van der Waals surface area (Å²) in [6.45, 7) is 9.88. The van der Waals surface area contributed by atoms with Gasteiger partial charge in [-0.1, -0.05) is 17.7 Å². The Morgan fingerprint density at radius 3 is 2.62 bits per heavy atom. The molecule has 1 heterocycles. The summed E-state index contributed by atoms with van der Waals surface area (Å²) in [5, 5.41) is 10.3. The molecule has 0 saturated heterocycles. The van der Waals surface area contributed by atoms with Crippen LogP contribution >= 0.6 is 0 Å². The van der Waals surface area contributed by atoms with E-state index in [4.69, 9.17) is 9.47 Å². The van der Waals surface area contributed by atoms with Crippen LogP contribution in [-0.4, -0.2) is 23.3 Å². The summed E-state index contributed by atoms with van der Waals surface area (Å²) in [4.78, 5) is 12.3. The lowest BCUT2D eigenvalue weighted by Gasteiger charge is -2.37. The molecule has 0 aliphatic carbocycles. The van der Waals surface area contributed by atoms with Crippen molar-refractivity contribution in [3.63, 3.8) is 0 Å². The van der Waals surface area contributed by atoms with Gasteiger partial charge >= 0.3 is 5.97 Å². The van der Waals surface area contributed by atoms with Gasteiger partial charge in [-0.3, -0.25) is 0 Å². The Kier molecular flexibility index (Phi) is 4.70. The molecule has 0 radical (unpaired) electrons. The first-order valence-corrected chi connectivity index (χ1v) is 8.96. The molecule has 4 nitrogen and oxygen atoms in total. The molecule has 1 N–H and O–H groups in total. The first-order valence-electron chi connectivity index (χ1n) is 8.96. The van der Waals surface area contributed by atoms with Gasteiger partial charge in [0.15, 0.2) is 0 Å². The Bertz CT molecular complexity index is 869. The van der Waals surface area contributed by atoms with Gasteiger partial charge in [0, 0.05) is 5.56 Å². The minimum atomic E-state index is -0.576. The van der Waals surface area contributed by atoms with Gasteiger partial charge < -0.3 is 14.6 Å². The largest absolute Gasteiger partial charge is 0.507 e. The zero-order valence-corrected chi connectivity index (χ0v) is 16.1. The predicted molar refractivity (Wildman–Crippen MR) is 101 cm³/mol. The summed E-state index contributed by atoms with van der Waals surface area (Å²) in [7, 11) is 0. The highest BCUT2D eigenvalue weighted by atomic mass is 16.6. The molecule has 0 fully saturated rings. The third kappa shape index (κ3) is 3.28. The number of ether oxygens (including phenoxy) is 2. The number of carbonyl (C=O) groups excluding carboxylic acids is 1. The summed E-state index contributed by atoms with van der Waals surface area (Å²) < 4.78 is 11.8. The van der Waals surface area contributed by atoms with Gasteiger partial charge in [-0.05, 0) is 76.3 Å². The number of benzene rings is 2. The van der Waals surface area contributed by atoms with Crippen LogP contribution in [0, 0.1) is 27.7 Å². The Balaban J connectivity index is 1.78. The number of hydrogen-bond donors (Lipinski definition) is 1. The van der Waals surface area contributed by atoms with Crippen molar-refractivity contribution in [2.45, 2.75) is 53.1 Å². The molecule has 2 aromatic carbocycles. The summed E-state index contributed by atoms with van der Waals surface area (Å²) in [6, 6.07) is 7.38. The van der Waals surface area contributed by atoms with Crippen LogP contribution in [0.1, 0.15) is 51.5 Å². The molecule has 0 bridgehead atoms. The second kappa shape index (κ2) is 6.67. The van der Waals surface area contributed by atoms with Crippen LogP contribution in [0.2, 0.25) is 0 Å². The van der Waals surface area contributed by atoms with E-state index in [1.54, 1.807) is 6.07 Å². The van der Waals surface area contributed by atoms with Crippen LogP contribution < -0.4 is 4.74 Å². The van der Waals surface area contributed by atoms with Gasteiger partial charge in [0.05, 0.1) is 5.56 Å². The highest BCUT2D eigenvalue weighted by molar-refractivity contribution is 5.89. The number of phenolic OH excluding ortho intramolecular Hbond substituents is 1. The topological polar surface area (TPSA) is 55.8 Å². The molecule has 0 aromatic heterocycles. The van der Waals surface area contributed by atoms with Gasteiger partial charge in [-0.2, -0.15) is 0 Å². The van der Waals surface area contributed by atoms with E-state index >= 15 is 0 Å². The standard InChI is InChI=1S/C22H26O4/c1-13-7-6-8-17(11-13)21(24)25-12-22(5)10-9-18-16(4)19(23)14(2)15(3)20(18)26-22/h6-8,11,23H,9-10,12H2,1-5H3. The number of hydrogen-bond acceptors (Lipinski definition) is 4. The van der Waals surface area contributed by atoms with Crippen molar-refractivity contribution >= 4 is 5.97 Å². The fourth-order valence-corrected chi connectivity index (χ4v) is 3.47. The molecule has 1 unspecified atom stereocenters. The predicted octanol–water partition coefficient (Wildman–Crippen LogP) is 4.57. The van der Waals surface area contributed by atoms with Gasteiger partial charge in [0.2, 0.25) is 0 Å². The van der Waals surface area contributed by atoms with Crippen LogP contribution in [0.5, 0.6) is 11.5 Å². The van der Waals surface area contributed by atoms with E-state index in [2.05, 4.69) is 0 Å². The van der Waals surface area contributed by atoms with E-state index in [1.165, 1.54) is 0 Å². The fraction of sp³-hybridized carbons (Fsp3) is 0.409. The Labute approximate surface area is 154 Å². The van der Waals surface area contributed by atoms with Crippen molar-refractivity contribution in [3.05, 3.63) is 57.6 Å². The molecule has 138 valence electrons. The molecular formula is C22H26O4. The molecule has 1 aliphatic rings. The molecule has 0 amide bonds. The first-order chi connectivity index (χ1) is 12.2. The van der Waals surface area contributed by atoms with E-state index < -0.39 is 5.60 Å². The maximum absolute atomic E-state index is 12.3. The van der Waals surface area contributed by atoms with Crippen molar-refractivity contribution < 1.29 is 19.4 Å². The second-order valence-corrected chi connectivity index (χ2v) is 7.53. The van der Waals surface area contributed by atoms with Crippen molar-refractivity contribution in [2.24, 2.45) is 0 Å². The Morgan fingerprint density at radius 1 is 1.19 bits per heavy atom. The van der Waals surface area contributed by atoms with Crippen LogP contribution in [0.4, 0.5) is 0 Å². The van der Waals surface area contributed by atoms with Gasteiger partial charge in [-0.25, -0.2) is 4.79 Å². The molecule has 26 heavy (non-hydrogen) atoms. The number of rotatable bonds is 3. The van der Waals surface area contributed by atoms with Crippen LogP contribution in [0.15, 0.2) is 24.3 Å². The molecule has 1 atom stereocenters. The molecule has 2 aromatic rings. The van der Waals surface area contributed by atoms with Gasteiger partial charge in [0.25, 0.3) is 0 Å². The van der Waals surface area contributed by atoms with Crippen LogP contribution in [0.3, 0.4) is 0 Å². The first kappa shape index (κ1) is 18.3. The lowest BCUT2D eigenvalue weighted by molar-refractivity contribution is -0.0164. The summed E-state index contributed by atoms with van der Waals surface area (Å²) >= 11 is 0.